The van der Waals surface area contributed by atoms with Crippen LogP contribution in [-0.4, -0.2) is 68.8 Å². The van der Waals surface area contributed by atoms with Gasteiger partial charge in [-0.15, -0.1) is 0 Å². The van der Waals surface area contributed by atoms with Crippen LogP contribution in [0.1, 0.15) is 50.7 Å². The Hall–Kier alpha value is -4.16. The molecule has 0 unspecified atom stereocenters. The second-order valence-corrected chi connectivity index (χ2v) is 14.2. The molecule has 2 N–H and O–H groups in total. The van der Waals surface area contributed by atoms with Gasteiger partial charge in [-0.05, 0) is 49.6 Å². The molecule has 0 saturated carbocycles. The van der Waals surface area contributed by atoms with Gasteiger partial charge in [-0.2, -0.15) is 5.10 Å². The number of halogens is 1. The summed E-state index contributed by atoms with van der Waals surface area (Å²) >= 11 is 3.45. The predicted molar refractivity (Wildman–Crippen MR) is 175 cm³/mol. The van der Waals surface area contributed by atoms with Crippen molar-refractivity contribution in [2.75, 3.05) is 37.7 Å². The first-order valence-electron chi connectivity index (χ1n) is 14.2. The van der Waals surface area contributed by atoms with E-state index in [-0.39, 0.29) is 17.7 Å². The molecule has 2 amide bonds. The third kappa shape index (κ3) is 5.36. The topological polar surface area (TPSA) is 129 Å². The molecule has 3 heterocycles. The van der Waals surface area contributed by atoms with E-state index in [1.165, 1.54) is 11.4 Å². The highest BCUT2D eigenvalue weighted by atomic mass is 79.9. The smallest absolute Gasteiger partial charge is 0.275 e. The van der Waals surface area contributed by atoms with Gasteiger partial charge < -0.3 is 14.6 Å². The average Bonchev–Trinajstić information content (AvgIpc) is 3.60. The molecule has 0 aliphatic carbocycles. The van der Waals surface area contributed by atoms with Crippen molar-refractivity contribution in [1.82, 2.24) is 20.4 Å². The summed E-state index contributed by atoms with van der Waals surface area (Å²) in [5.74, 6) is -0.307. The van der Waals surface area contributed by atoms with Crippen molar-refractivity contribution in [2.45, 2.75) is 25.7 Å². The number of aryl methyl sites for hydroxylation is 1. The Balaban J connectivity index is 1.47. The highest BCUT2D eigenvalue weighted by Gasteiger charge is 2.32. The molecule has 1 fully saturated rings. The Kier molecular flexibility index (Phi) is 7.75. The van der Waals surface area contributed by atoms with Crippen LogP contribution in [0.4, 0.5) is 5.69 Å². The molecular formula is C32H32BrN5O5S. The van der Waals surface area contributed by atoms with Crippen LogP contribution in [0, 0.1) is 6.92 Å². The molecule has 1 aliphatic rings. The number of carbonyl (C=O) groups excluding carboxylic acids is 2. The van der Waals surface area contributed by atoms with Gasteiger partial charge in [-0.3, -0.25) is 19.0 Å². The first-order valence-corrected chi connectivity index (χ1v) is 16.9. The van der Waals surface area contributed by atoms with Crippen molar-refractivity contribution in [1.29, 1.82) is 0 Å². The predicted octanol–water partition coefficient (Wildman–Crippen LogP) is 5.82. The minimum Gasteiger partial charge on any atom is -0.455 e. The van der Waals surface area contributed by atoms with Crippen LogP contribution in [0.15, 0.2) is 63.5 Å². The number of nitrogens with one attached hydrogen (secondary N) is 2. The van der Waals surface area contributed by atoms with E-state index < -0.39 is 10.0 Å². The fourth-order valence-electron chi connectivity index (χ4n) is 5.91. The summed E-state index contributed by atoms with van der Waals surface area (Å²) in [6.07, 6.45) is 2.59. The Bertz CT molecular complexity index is 2030. The van der Waals surface area contributed by atoms with Crippen LogP contribution in [-0.2, 0) is 10.0 Å². The molecule has 2 aromatic heterocycles. The van der Waals surface area contributed by atoms with Gasteiger partial charge in [0.15, 0.2) is 5.69 Å². The van der Waals surface area contributed by atoms with Gasteiger partial charge in [-0.25, -0.2) is 8.42 Å². The molecule has 44 heavy (non-hydrogen) atoms. The molecular weight excluding hydrogens is 646 g/mol. The number of furan rings is 1. The minimum absolute atomic E-state index is 0.196. The lowest BCUT2D eigenvalue weighted by Crippen LogP contribution is -2.40. The summed E-state index contributed by atoms with van der Waals surface area (Å²) in [5, 5.41) is 11.3. The van der Waals surface area contributed by atoms with Crippen molar-refractivity contribution in [2.24, 2.45) is 0 Å². The number of anilines is 1. The van der Waals surface area contributed by atoms with Crippen LogP contribution in [0.5, 0.6) is 0 Å². The molecule has 12 heteroatoms. The fourth-order valence-corrected chi connectivity index (χ4v) is 6.78. The van der Waals surface area contributed by atoms with E-state index in [1.54, 1.807) is 18.0 Å². The van der Waals surface area contributed by atoms with Crippen molar-refractivity contribution >= 4 is 65.3 Å². The van der Waals surface area contributed by atoms with Crippen molar-refractivity contribution < 1.29 is 22.4 Å². The molecule has 0 bridgehead atoms. The normalized spacial score (nSPS) is 15.6. The summed E-state index contributed by atoms with van der Waals surface area (Å²) in [5.41, 5.74) is 4.84. The molecule has 3 aromatic carbocycles. The van der Waals surface area contributed by atoms with Crippen molar-refractivity contribution in [3.8, 4) is 11.3 Å². The monoisotopic (exact) mass is 677 g/mol. The lowest BCUT2D eigenvalue weighted by molar-refractivity contribution is 0.0703. The lowest BCUT2D eigenvalue weighted by Gasteiger charge is -2.34. The number of aromatic nitrogens is 2. The van der Waals surface area contributed by atoms with Crippen LogP contribution in [0.2, 0.25) is 0 Å². The average molecular weight is 679 g/mol. The number of likely N-dealkylation sites (tertiary alicyclic amines) is 1. The number of amides is 2. The Labute approximate surface area is 263 Å². The number of carbonyl (C=O) groups is 2. The van der Waals surface area contributed by atoms with Crippen LogP contribution < -0.4 is 9.62 Å². The molecule has 10 nitrogen and oxygen atoms in total. The number of hydrogen-bond donors (Lipinski definition) is 2. The molecule has 228 valence electrons. The summed E-state index contributed by atoms with van der Waals surface area (Å²) in [4.78, 5) is 28.8. The van der Waals surface area contributed by atoms with E-state index in [0.717, 1.165) is 44.7 Å². The number of hydrogen-bond acceptors (Lipinski definition) is 6. The summed E-state index contributed by atoms with van der Waals surface area (Å²) in [6.45, 7) is 2.89. The van der Waals surface area contributed by atoms with E-state index in [9.17, 15) is 18.0 Å². The van der Waals surface area contributed by atoms with Gasteiger partial charge >= 0.3 is 0 Å². The Morgan fingerprint density at radius 2 is 1.86 bits per heavy atom. The van der Waals surface area contributed by atoms with Crippen LogP contribution >= 0.6 is 15.9 Å². The van der Waals surface area contributed by atoms with Crippen LogP contribution in [0.3, 0.4) is 0 Å². The molecule has 5 aromatic rings. The number of benzene rings is 3. The van der Waals surface area contributed by atoms with Gasteiger partial charge in [0, 0.05) is 60.0 Å². The first kappa shape index (κ1) is 29.9. The summed E-state index contributed by atoms with van der Waals surface area (Å²) in [6, 6.07) is 16.8. The number of sulfonamides is 1. The maximum absolute atomic E-state index is 13.8. The molecule has 1 atom stereocenters. The van der Waals surface area contributed by atoms with E-state index in [0.29, 0.717) is 53.2 Å². The van der Waals surface area contributed by atoms with E-state index in [2.05, 4.69) is 31.4 Å². The molecule has 1 saturated heterocycles. The summed E-state index contributed by atoms with van der Waals surface area (Å²) < 4.78 is 34.0. The second-order valence-electron chi connectivity index (χ2n) is 11.2. The SMILES string of the molecule is CNC(=O)c1c(-c2ccc(C)cc2)oc2cc(N(C)S(C)(=O)=O)c([C@H]3CCCN(C(=O)c4n[nH]c5cc(Br)ccc45)C3)cc12. The Morgan fingerprint density at radius 1 is 1.11 bits per heavy atom. The fraction of sp³-hybridized carbons (Fsp3) is 0.281. The number of rotatable bonds is 6. The quantitative estimate of drug-likeness (QED) is 0.233. The highest BCUT2D eigenvalue weighted by Crippen LogP contribution is 2.42. The zero-order valence-electron chi connectivity index (χ0n) is 24.8. The maximum Gasteiger partial charge on any atom is 0.275 e. The number of fused-ring (bicyclic) bond motifs is 2. The maximum atomic E-state index is 13.8. The van der Waals surface area contributed by atoms with Gasteiger partial charge in [0.25, 0.3) is 11.8 Å². The molecule has 1 aliphatic heterocycles. The highest BCUT2D eigenvalue weighted by molar-refractivity contribution is 9.10. The molecule has 6 rings (SSSR count). The first-order chi connectivity index (χ1) is 21.0. The van der Waals surface area contributed by atoms with Gasteiger partial charge in [0.05, 0.1) is 23.0 Å². The van der Waals surface area contributed by atoms with Gasteiger partial charge in [0.2, 0.25) is 10.0 Å². The van der Waals surface area contributed by atoms with E-state index in [1.807, 2.05) is 55.5 Å². The minimum atomic E-state index is -3.65. The van der Waals surface area contributed by atoms with E-state index >= 15 is 0 Å². The zero-order chi connectivity index (χ0) is 31.3. The van der Waals surface area contributed by atoms with Gasteiger partial charge in [0.1, 0.15) is 11.3 Å². The standard InChI is InChI=1S/C32H32BrN5O5S/c1-18-7-9-19(10-8-18)30-28(31(39)34-2)24-15-23(26(16-27(24)43-30)37(3)44(4,41)42)20-6-5-13-38(17-20)32(40)29-22-12-11-21(33)14-25(22)35-36-29/h7-12,14-16,20H,5-6,13,17H2,1-4H3,(H,34,39)(H,35,36)/t20-/m0/s1. The molecule has 0 spiro atoms. The van der Waals surface area contributed by atoms with E-state index in [4.69, 9.17) is 4.42 Å². The summed E-state index contributed by atoms with van der Waals surface area (Å²) in [7, 11) is -0.579. The number of piperidine rings is 1. The van der Waals surface area contributed by atoms with Crippen molar-refractivity contribution in [3.05, 3.63) is 81.5 Å². The second kappa shape index (κ2) is 11.4. The van der Waals surface area contributed by atoms with Crippen molar-refractivity contribution in [3.63, 3.8) is 0 Å². The number of aromatic amines is 1. The lowest BCUT2D eigenvalue weighted by atomic mass is 9.88. The van der Waals surface area contributed by atoms with Crippen LogP contribution in [0.25, 0.3) is 33.2 Å². The third-order valence-corrected chi connectivity index (χ3v) is 10.0. The number of nitrogens with zero attached hydrogens (tertiary/aromatic N) is 3. The Morgan fingerprint density at radius 3 is 2.57 bits per heavy atom. The van der Waals surface area contributed by atoms with Gasteiger partial charge in [-0.1, -0.05) is 45.8 Å². The zero-order valence-corrected chi connectivity index (χ0v) is 27.2. The largest absolute Gasteiger partial charge is 0.455 e. The molecule has 0 radical (unpaired) electrons. The number of H-pyrrole nitrogens is 1. The third-order valence-electron chi connectivity index (χ3n) is 8.32.